The molecule has 2 unspecified atom stereocenters. The van der Waals surface area contributed by atoms with E-state index in [1.54, 1.807) is 6.92 Å². The number of carbonyl (C=O) groups is 1. The van der Waals surface area contributed by atoms with Crippen molar-refractivity contribution in [1.82, 2.24) is 0 Å². The molecule has 0 aliphatic heterocycles. The quantitative estimate of drug-likeness (QED) is 0.481. The maximum Gasteiger partial charge on any atom is 0.310 e. The third-order valence-electron chi connectivity index (χ3n) is 1.69. The lowest BCUT2D eigenvalue weighted by Gasteiger charge is -2.25. The highest BCUT2D eigenvalue weighted by Gasteiger charge is 2.32. The van der Waals surface area contributed by atoms with E-state index >= 15 is 0 Å². The van der Waals surface area contributed by atoms with Crippen molar-refractivity contribution in [3.63, 3.8) is 0 Å². The minimum Gasteiger partial charge on any atom is -0.481 e. The molecule has 0 rings (SSSR count). The van der Waals surface area contributed by atoms with Crippen LogP contribution in [0.2, 0.25) is 0 Å². The Morgan fingerprint density at radius 1 is 1.80 bits per heavy atom. The minimum atomic E-state index is -1.58. The first-order valence-electron chi connectivity index (χ1n) is 3.16. The molecule has 0 fully saturated rings. The van der Waals surface area contributed by atoms with Crippen LogP contribution in [-0.4, -0.2) is 21.9 Å². The molecule has 60 valence electrons. The summed E-state index contributed by atoms with van der Waals surface area (Å²) >= 11 is 0. The molecule has 0 aliphatic rings. The summed E-state index contributed by atoms with van der Waals surface area (Å²) in [5, 5.41) is 17.6. The standard InChI is InChI=1S/C6H13NO3/c1-3-6(7,10)4(2)5(8)9/h4,10H,3,7H2,1-2H3,(H,8,9). The zero-order valence-corrected chi connectivity index (χ0v) is 6.16. The Labute approximate surface area is 59.7 Å². The molecule has 0 aromatic rings. The molecular weight excluding hydrogens is 134 g/mol. The number of hydrogen-bond acceptors (Lipinski definition) is 3. The van der Waals surface area contributed by atoms with Crippen LogP contribution >= 0.6 is 0 Å². The second kappa shape index (κ2) is 2.98. The number of carboxylic acids is 1. The van der Waals surface area contributed by atoms with Crippen molar-refractivity contribution in [3.8, 4) is 0 Å². The summed E-state index contributed by atoms with van der Waals surface area (Å²) in [4.78, 5) is 10.3. The largest absolute Gasteiger partial charge is 0.481 e. The van der Waals surface area contributed by atoms with E-state index in [4.69, 9.17) is 15.9 Å². The van der Waals surface area contributed by atoms with Gasteiger partial charge in [0.25, 0.3) is 0 Å². The lowest BCUT2D eigenvalue weighted by atomic mass is 9.96. The van der Waals surface area contributed by atoms with E-state index in [2.05, 4.69) is 0 Å². The first-order chi connectivity index (χ1) is 4.41. The number of hydrogen-bond donors (Lipinski definition) is 3. The van der Waals surface area contributed by atoms with Crippen molar-refractivity contribution in [2.45, 2.75) is 26.0 Å². The monoisotopic (exact) mass is 147 g/mol. The lowest BCUT2D eigenvalue weighted by molar-refractivity contribution is -0.150. The number of nitrogens with two attached hydrogens (primary N) is 1. The highest BCUT2D eigenvalue weighted by atomic mass is 16.4. The Hall–Kier alpha value is -0.610. The molecule has 4 nitrogen and oxygen atoms in total. The van der Waals surface area contributed by atoms with Crippen LogP contribution in [0.5, 0.6) is 0 Å². The molecule has 0 spiro atoms. The van der Waals surface area contributed by atoms with Crippen LogP contribution in [0.15, 0.2) is 0 Å². The topological polar surface area (TPSA) is 83.5 Å². The normalized spacial score (nSPS) is 19.6. The van der Waals surface area contributed by atoms with Crippen molar-refractivity contribution in [3.05, 3.63) is 0 Å². The van der Waals surface area contributed by atoms with Gasteiger partial charge < -0.3 is 15.9 Å². The third kappa shape index (κ3) is 1.97. The third-order valence-corrected chi connectivity index (χ3v) is 1.69. The van der Waals surface area contributed by atoms with Gasteiger partial charge in [-0.3, -0.25) is 4.79 Å². The number of aliphatic carboxylic acids is 1. The van der Waals surface area contributed by atoms with Crippen LogP contribution in [-0.2, 0) is 4.79 Å². The lowest BCUT2D eigenvalue weighted by Crippen LogP contribution is -2.48. The molecule has 10 heavy (non-hydrogen) atoms. The maximum absolute atomic E-state index is 10.3. The van der Waals surface area contributed by atoms with E-state index < -0.39 is 17.6 Å². The fourth-order valence-corrected chi connectivity index (χ4v) is 0.520. The fourth-order valence-electron chi connectivity index (χ4n) is 0.520. The Balaban J connectivity index is 4.17. The van der Waals surface area contributed by atoms with E-state index in [-0.39, 0.29) is 6.42 Å². The van der Waals surface area contributed by atoms with E-state index in [9.17, 15) is 4.79 Å². The molecule has 0 radical (unpaired) electrons. The van der Waals surface area contributed by atoms with Gasteiger partial charge in [-0.1, -0.05) is 6.92 Å². The van der Waals surface area contributed by atoms with E-state index in [0.717, 1.165) is 0 Å². The van der Waals surface area contributed by atoms with Crippen molar-refractivity contribution in [2.24, 2.45) is 11.7 Å². The van der Waals surface area contributed by atoms with Crippen molar-refractivity contribution in [2.75, 3.05) is 0 Å². The zero-order valence-electron chi connectivity index (χ0n) is 6.16. The predicted octanol–water partition coefficient (Wildman–Crippen LogP) is -0.236. The van der Waals surface area contributed by atoms with E-state index in [1.165, 1.54) is 6.92 Å². The molecule has 2 atom stereocenters. The summed E-state index contributed by atoms with van der Waals surface area (Å²) in [5.74, 6) is -2.00. The Bertz CT molecular complexity index is 133. The van der Waals surface area contributed by atoms with Gasteiger partial charge in [0.05, 0.1) is 5.92 Å². The molecule has 4 N–H and O–H groups in total. The molecule has 0 aromatic heterocycles. The number of rotatable bonds is 3. The maximum atomic E-state index is 10.3. The van der Waals surface area contributed by atoms with Crippen molar-refractivity contribution < 1.29 is 15.0 Å². The molecule has 4 heteroatoms. The first-order valence-corrected chi connectivity index (χ1v) is 3.16. The molecule has 0 aromatic carbocycles. The summed E-state index contributed by atoms with van der Waals surface area (Å²) in [6.45, 7) is 3.02. The van der Waals surface area contributed by atoms with Gasteiger partial charge >= 0.3 is 5.97 Å². The molecule has 0 heterocycles. The van der Waals surface area contributed by atoms with Crippen LogP contribution in [0, 0.1) is 5.92 Å². The Kier molecular flexibility index (Phi) is 2.80. The van der Waals surface area contributed by atoms with E-state index in [1.807, 2.05) is 0 Å². The molecule has 0 amide bonds. The average molecular weight is 147 g/mol. The van der Waals surface area contributed by atoms with E-state index in [0.29, 0.717) is 0 Å². The smallest absolute Gasteiger partial charge is 0.310 e. The molecule has 0 bridgehead atoms. The van der Waals surface area contributed by atoms with Crippen LogP contribution in [0.1, 0.15) is 20.3 Å². The average Bonchev–Trinajstić information content (AvgIpc) is 1.86. The SMILES string of the molecule is CCC(N)(O)C(C)C(=O)O. The van der Waals surface area contributed by atoms with Gasteiger partial charge in [-0.25, -0.2) is 0 Å². The Morgan fingerprint density at radius 2 is 2.20 bits per heavy atom. The second-order valence-corrected chi connectivity index (χ2v) is 2.40. The predicted molar refractivity (Wildman–Crippen MR) is 36.2 cm³/mol. The highest BCUT2D eigenvalue weighted by molar-refractivity contribution is 5.70. The van der Waals surface area contributed by atoms with Gasteiger partial charge in [0.1, 0.15) is 5.72 Å². The summed E-state index contributed by atoms with van der Waals surface area (Å²) in [6, 6.07) is 0. The second-order valence-electron chi connectivity index (χ2n) is 2.40. The summed E-state index contributed by atoms with van der Waals surface area (Å²) in [5.41, 5.74) is 3.66. The van der Waals surface area contributed by atoms with Crippen LogP contribution < -0.4 is 5.73 Å². The van der Waals surface area contributed by atoms with Crippen molar-refractivity contribution in [1.29, 1.82) is 0 Å². The van der Waals surface area contributed by atoms with Gasteiger partial charge in [-0.2, -0.15) is 0 Å². The van der Waals surface area contributed by atoms with Crippen LogP contribution in [0.3, 0.4) is 0 Å². The highest BCUT2D eigenvalue weighted by Crippen LogP contribution is 2.14. The molecule has 0 aliphatic carbocycles. The van der Waals surface area contributed by atoms with Crippen LogP contribution in [0.4, 0.5) is 0 Å². The minimum absolute atomic E-state index is 0.237. The molecule has 0 saturated heterocycles. The number of carboxylic acid groups (broad SMARTS) is 1. The molecule has 0 saturated carbocycles. The fraction of sp³-hybridized carbons (Fsp3) is 0.833. The molecular formula is C6H13NO3. The zero-order chi connectivity index (χ0) is 8.36. The first kappa shape index (κ1) is 9.39. The van der Waals surface area contributed by atoms with Gasteiger partial charge in [-0.15, -0.1) is 0 Å². The van der Waals surface area contributed by atoms with Crippen molar-refractivity contribution >= 4 is 5.97 Å². The van der Waals surface area contributed by atoms with Crippen LogP contribution in [0.25, 0.3) is 0 Å². The summed E-state index contributed by atoms with van der Waals surface area (Å²) < 4.78 is 0. The number of aliphatic hydroxyl groups is 1. The summed E-state index contributed by atoms with van der Waals surface area (Å²) in [7, 11) is 0. The van der Waals surface area contributed by atoms with Gasteiger partial charge in [0.15, 0.2) is 0 Å². The van der Waals surface area contributed by atoms with Gasteiger partial charge in [0, 0.05) is 0 Å². The van der Waals surface area contributed by atoms with Gasteiger partial charge in [0.2, 0.25) is 0 Å². The summed E-state index contributed by atoms with van der Waals surface area (Å²) in [6.07, 6.45) is 0.237. The van der Waals surface area contributed by atoms with Gasteiger partial charge in [-0.05, 0) is 13.3 Å². The Morgan fingerprint density at radius 3 is 2.30 bits per heavy atom.